The van der Waals surface area contributed by atoms with Gasteiger partial charge in [0.25, 0.3) is 0 Å². The molecule has 108 valence electrons. The number of para-hydroxylation sites is 1. The van der Waals surface area contributed by atoms with Crippen molar-refractivity contribution < 1.29 is 4.79 Å². The summed E-state index contributed by atoms with van der Waals surface area (Å²) in [4.78, 5) is 16.6. The zero-order valence-electron chi connectivity index (χ0n) is 12.3. The number of hydrogen-bond donors (Lipinski definition) is 2. The molecule has 1 heterocycles. The zero-order valence-corrected chi connectivity index (χ0v) is 12.3. The molecule has 2 aromatic rings. The first-order valence-electron chi connectivity index (χ1n) is 7.06. The van der Waals surface area contributed by atoms with Gasteiger partial charge in [0.2, 0.25) is 5.91 Å². The molecule has 0 fully saturated rings. The van der Waals surface area contributed by atoms with Crippen LogP contribution in [0.2, 0.25) is 0 Å². The monoisotopic (exact) mass is 274 g/mol. The first kappa shape index (κ1) is 14.4. The molecule has 20 heavy (non-hydrogen) atoms. The average Bonchev–Trinajstić information content (AvgIpc) is 2.77. The number of fused-ring (bicyclic) bond motifs is 1. The highest BCUT2D eigenvalue weighted by molar-refractivity contribution is 5.89. The van der Waals surface area contributed by atoms with Gasteiger partial charge in [0.15, 0.2) is 0 Å². The quantitative estimate of drug-likeness (QED) is 0.821. The topological polar surface area (TPSA) is 72.9 Å². The molecule has 0 spiro atoms. The van der Waals surface area contributed by atoms with E-state index in [9.17, 15) is 4.79 Å². The lowest BCUT2D eigenvalue weighted by Gasteiger charge is -2.11. The summed E-state index contributed by atoms with van der Waals surface area (Å²) in [5, 5.41) is 2.90. The van der Waals surface area contributed by atoms with Crippen LogP contribution in [-0.2, 0) is 11.3 Å². The molecule has 0 bridgehead atoms. The van der Waals surface area contributed by atoms with E-state index in [0.717, 1.165) is 23.3 Å². The second-order valence-corrected chi connectivity index (χ2v) is 5.28. The third-order valence-corrected chi connectivity index (χ3v) is 3.23. The molecular weight excluding hydrogens is 252 g/mol. The Balaban J connectivity index is 2.41. The fourth-order valence-corrected chi connectivity index (χ4v) is 2.26. The van der Waals surface area contributed by atoms with E-state index in [4.69, 9.17) is 5.73 Å². The largest absolute Gasteiger partial charge is 0.397 e. The Hall–Kier alpha value is -2.04. The second kappa shape index (κ2) is 5.94. The minimum absolute atomic E-state index is 0.00970. The van der Waals surface area contributed by atoms with Gasteiger partial charge in [0.1, 0.15) is 17.9 Å². The Bertz CT molecular complexity index is 616. The fraction of sp³-hybridized carbons (Fsp3) is 0.467. The number of amides is 1. The van der Waals surface area contributed by atoms with E-state index >= 15 is 0 Å². The molecule has 0 radical (unpaired) electrons. The van der Waals surface area contributed by atoms with Gasteiger partial charge >= 0.3 is 0 Å². The molecule has 0 atom stereocenters. The van der Waals surface area contributed by atoms with Crippen LogP contribution in [0.4, 0.5) is 5.69 Å². The standard InChI is InChI=1S/C15H22N4O/c1-4-8-17-13(20)9-19-12-7-5-6-11(16)14(12)18-15(19)10(2)3/h5-7,10H,4,8-9,16H2,1-3H3,(H,17,20). The Morgan fingerprint density at radius 2 is 2.20 bits per heavy atom. The summed E-state index contributed by atoms with van der Waals surface area (Å²) >= 11 is 0. The van der Waals surface area contributed by atoms with Gasteiger partial charge in [-0.2, -0.15) is 0 Å². The predicted octanol–water partition coefficient (Wildman–Crippen LogP) is 2.27. The highest BCUT2D eigenvalue weighted by Gasteiger charge is 2.16. The van der Waals surface area contributed by atoms with Gasteiger partial charge in [-0.15, -0.1) is 0 Å². The highest BCUT2D eigenvalue weighted by atomic mass is 16.1. The summed E-state index contributed by atoms with van der Waals surface area (Å²) in [7, 11) is 0. The van der Waals surface area contributed by atoms with Crippen molar-refractivity contribution in [3.05, 3.63) is 24.0 Å². The minimum atomic E-state index is 0.00970. The molecule has 2 rings (SSSR count). The molecule has 3 N–H and O–H groups in total. The number of carbonyl (C=O) groups is 1. The summed E-state index contributed by atoms with van der Waals surface area (Å²) < 4.78 is 1.96. The Morgan fingerprint density at radius 1 is 1.45 bits per heavy atom. The number of nitrogens with zero attached hydrogens (tertiary/aromatic N) is 2. The predicted molar refractivity (Wildman–Crippen MR) is 81.5 cm³/mol. The van der Waals surface area contributed by atoms with Gasteiger partial charge < -0.3 is 15.6 Å². The van der Waals surface area contributed by atoms with Crippen molar-refractivity contribution >= 4 is 22.6 Å². The summed E-state index contributed by atoms with van der Waals surface area (Å²) in [5.74, 6) is 1.14. The number of benzene rings is 1. The number of nitrogens with two attached hydrogens (primary N) is 1. The van der Waals surface area contributed by atoms with Crippen LogP contribution in [0.15, 0.2) is 18.2 Å². The van der Waals surface area contributed by atoms with Gasteiger partial charge in [0.05, 0.1) is 11.2 Å². The van der Waals surface area contributed by atoms with Gasteiger partial charge in [-0.05, 0) is 18.6 Å². The summed E-state index contributed by atoms with van der Waals surface area (Å²) in [6.07, 6.45) is 0.931. The van der Waals surface area contributed by atoms with E-state index in [-0.39, 0.29) is 18.4 Å². The lowest BCUT2D eigenvalue weighted by molar-refractivity contribution is -0.121. The number of rotatable bonds is 5. The number of nitrogen functional groups attached to an aromatic ring is 1. The van der Waals surface area contributed by atoms with E-state index in [1.54, 1.807) is 0 Å². The molecule has 0 aliphatic rings. The zero-order chi connectivity index (χ0) is 14.7. The maximum Gasteiger partial charge on any atom is 0.240 e. The molecule has 1 aromatic carbocycles. The Morgan fingerprint density at radius 3 is 2.85 bits per heavy atom. The Kier molecular flexibility index (Phi) is 4.27. The third kappa shape index (κ3) is 2.76. The number of carbonyl (C=O) groups excluding carboxylic acids is 1. The molecule has 0 aliphatic carbocycles. The maximum absolute atomic E-state index is 12.0. The number of aromatic nitrogens is 2. The van der Waals surface area contributed by atoms with Crippen LogP contribution in [0.3, 0.4) is 0 Å². The van der Waals surface area contributed by atoms with Crippen molar-refractivity contribution in [2.75, 3.05) is 12.3 Å². The van der Waals surface area contributed by atoms with Crippen molar-refractivity contribution in [3.63, 3.8) is 0 Å². The minimum Gasteiger partial charge on any atom is -0.397 e. The third-order valence-electron chi connectivity index (χ3n) is 3.23. The van der Waals surface area contributed by atoms with Crippen molar-refractivity contribution in [3.8, 4) is 0 Å². The van der Waals surface area contributed by atoms with Crippen molar-refractivity contribution in [1.29, 1.82) is 0 Å². The summed E-state index contributed by atoms with van der Waals surface area (Å²) in [6, 6.07) is 5.68. The lowest BCUT2D eigenvalue weighted by atomic mass is 10.2. The molecule has 0 saturated carbocycles. The lowest BCUT2D eigenvalue weighted by Crippen LogP contribution is -2.28. The molecule has 1 amide bonds. The van der Waals surface area contributed by atoms with Gasteiger partial charge in [-0.1, -0.05) is 26.8 Å². The molecule has 0 aliphatic heterocycles. The summed E-state index contributed by atoms with van der Waals surface area (Å²) in [6.45, 7) is 7.15. The molecular formula is C15H22N4O. The Labute approximate surface area is 119 Å². The van der Waals surface area contributed by atoms with Crippen LogP contribution >= 0.6 is 0 Å². The average molecular weight is 274 g/mol. The van der Waals surface area contributed by atoms with Gasteiger partial charge in [0, 0.05) is 12.5 Å². The van der Waals surface area contributed by atoms with Crippen LogP contribution in [-0.4, -0.2) is 22.0 Å². The number of imidazole rings is 1. The first-order chi connectivity index (χ1) is 9.54. The molecule has 5 nitrogen and oxygen atoms in total. The van der Waals surface area contributed by atoms with Crippen LogP contribution in [0.5, 0.6) is 0 Å². The maximum atomic E-state index is 12.0. The SMILES string of the molecule is CCCNC(=O)Cn1c(C(C)C)nc2c(N)cccc21. The first-order valence-corrected chi connectivity index (χ1v) is 7.06. The van der Waals surface area contributed by atoms with Crippen molar-refractivity contribution in [2.45, 2.75) is 39.7 Å². The number of hydrogen-bond acceptors (Lipinski definition) is 3. The second-order valence-electron chi connectivity index (χ2n) is 5.28. The van der Waals surface area contributed by atoms with Crippen LogP contribution in [0.1, 0.15) is 38.9 Å². The van der Waals surface area contributed by atoms with Gasteiger partial charge in [-0.25, -0.2) is 4.98 Å². The number of anilines is 1. The molecule has 0 saturated heterocycles. The highest BCUT2D eigenvalue weighted by Crippen LogP contribution is 2.25. The number of nitrogens with one attached hydrogen (secondary N) is 1. The van der Waals surface area contributed by atoms with E-state index in [0.29, 0.717) is 12.2 Å². The van der Waals surface area contributed by atoms with Crippen LogP contribution < -0.4 is 11.1 Å². The fourth-order valence-electron chi connectivity index (χ4n) is 2.26. The van der Waals surface area contributed by atoms with E-state index < -0.39 is 0 Å². The molecule has 0 unspecified atom stereocenters. The van der Waals surface area contributed by atoms with Crippen molar-refractivity contribution in [2.24, 2.45) is 0 Å². The van der Waals surface area contributed by atoms with E-state index in [1.165, 1.54) is 0 Å². The van der Waals surface area contributed by atoms with E-state index in [2.05, 4.69) is 24.1 Å². The normalized spacial score (nSPS) is 11.2. The van der Waals surface area contributed by atoms with Crippen molar-refractivity contribution in [1.82, 2.24) is 14.9 Å². The molecule has 1 aromatic heterocycles. The smallest absolute Gasteiger partial charge is 0.240 e. The molecule has 5 heteroatoms. The summed E-state index contributed by atoms with van der Waals surface area (Å²) in [5.41, 5.74) is 8.32. The van der Waals surface area contributed by atoms with Crippen LogP contribution in [0, 0.1) is 0 Å². The van der Waals surface area contributed by atoms with Crippen LogP contribution in [0.25, 0.3) is 11.0 Å². The van der Waals surface area contributed by atoms with Gasteiger partial charge in [-0.3, -0.25) is 4.79 Å². The van der Waals surface area contributed by atoms with E-state index in [1.807, 2.05) is 29.7 Å².